The maximum atomic E-state index is 10.2. The van der Waals surface area contributed by atoms with Crippen molar-refractivity contribution in [3.63, 3.8) is 0 Å². The SMILES string of the molecule is Oc1ccc2c(c1)c1cc(O)ccc1c1c3ccccc3c3ccccc3c21. The quantitative estimate of drug-likeness (QED) is 0.290. The van der Waals surface area contributed by atoms with Crippen LogP contribution in [0.1, 0.15) is 0 Å². The van der Waals surface area contributed by atoms with Gasteiger partial charge >= 0.3 is 0 Å². The number of benzene rings is 6. The summed E-state index contributed by atoms with van der Waals surface area (Å²) in [6, 6.07) is 28.0. The molecule has 0 amide bonds. The second-order valence-electron chi connectivity index (χ2n) is 7.30. The molecule has 0 bridgehead atoms. The Morgan fingerprint density at radius 1 is 0.357 bits per heavy atom. The smallest absolute Gasteiger partial charge is 0.116 e. The molecule has 6 rings (SSSR count). The molecule has 0 aliphatic heterocycles. The van der Waals surface area contributed by atoms with Gasteiger partial charge in [-0.05, 0) is 78.1 Å². The molecular weight excluding hydrogens is 344 g/mol. The van der Waals surface area contributed by atoms with Gasteiger partial charge in [0.15, 0.2) is 0 Å². The summed E-state index contributed by atoms with van der Waals surface area (Å²) in [4.78, 5) is 0. The monoisotopic (exact) mass is 360 g/mol. The molecular formula is C26H16O2. The van der Waals surface area contributed by atoms with Gasteiger partial charge in [-0.2, -0.15) is 0 Å². The molecule has 6 aromatic carbocycles. The van der Waals surface area contributed by atoms with E-state index in [2.05, 4.69) is 48.5 Å². The maximum Gasteiger partial charge on any atom is 0.116 e. The van der Waals surface area contributed by atoms with Crippen molar-refractivity contribution in [1.82, 2.24) is 0 Å². The van der Waals surface area contributed by atoms with Crippen LogP contribution in [0.2, 0.25) is 0 Å². The fraction of sp³-hybridized carbons (Fsp3) is 0. The predicted octanol–water partition coefficient (Wildman–Crippen LogP) is 6.86. The van der Waals surface area contributed by atoms with Crippen LogP contribution in [0.5, 0.6) is 11.5 Å². The zero-order chi connectivity index (χ0) is 18.8. The molecule has 0 atom stereocenters. The number of hydrogen-bond donors (Lipinski definition) is 2. The van der Waals surface area contributed by atoms with Crippen molar-refractivity contribution in [3.05, 3.63) is 84.9 Å². The Morgan fingerprint density at radius 3 is 1.14 bits per heavy atom. The van der Waals surface area contributed by atoms with Gasteiger partial charge < -0.3 is 10.2 Å². The van der Waals surface area contributed by atoms with Gasteiger partial charge in [0.25, 0.3) is 0 Å². The van der Waals surface area contributed by atoms with E-state index in [1.807, 2.05) is 12.1 Å². The molecule has 2 N–H and O–H groups in total. The molecule has 0 fully saturated rings. The van der Waals surface area contributed by atoms with E-state index in [9.17, 15) is 10.2 Å². The normalized spacial score (nSPS) is 11.9. The lowest BCUT2D eigenvalue weighted by Crippen LogP contribution is -1.88. The van der Waals surface area contributed by atoms with Crippen LogP contribution >= 0.6 is 0 Å². The topological polar surface area (TPSA) is 40.5 Å². The molecule has 0 aliphatic carbocycles. The third-order valence-corrected chi connectivity index (χ3v) is 5.77. The second kappa shape index (κ2) is 5.37. The number of phenols is 2. The molecule has 0 unspecified atom stereocenters. The average molecular weight is 360 g/mol. The molecule has 132 valence electrons. The average Bonchev–Trinajstić information content (AvgIpc) is 2.73. The highest BCUT2D eigenvalue weighted by Crippen LogP contribution is 2.44. The molecule has 2 nitrogen and oxygen atoms in total. The van der Waals surface area contributed by atoms with E-state index < -0.39 is 0 Å². The molecule has 0 aliphatic rings. The lowest BCUT2D eigenvalue weighted by Gasteiger charge is -2.16. The van der Waals surface area contributed by atoms with Gasteiger partial charge in [0.05, 0.1) is 0 Å². The van der Waals surface area contributed by atoms with Crippen molar-refractivity contribution < 1.29 is 10.2 Å². The summed E-state index contributed by atoms with van der Waals surface area (Å²) in [5, 5.41) is 31.5. The van der Waals surface area contributed by atoms with Gasteiger partial charge in [-0.1, -0.05) is 60.7 Å². The van der Waals surface area contributed by atoms with Crippen LogP contribution in [-0.2, 0) is 0 Å². The van der Waals surface area contributed by atoms with Crippen molar-refractivity contribution in [2.45, 2.75) is 0 Å². The minimum atomic E-state index is 0.224. The first-order chi connectivity index (χ1) is 13.7. The van der Waals surface area contributed by atoms with E-state index in [4.69, 9.17) is 0 Å². The summed E-state index contributed by atoms with van der Waals surface area (Å²) in [5.41, 5.74) is 0. The van der Waals surface area contributed by atoms with Crippen molar-refractivity contribution in [1.29, 1.82) is 0 Å². The summed E-state index contributed by atoms with van der Waals surface area (Å²) >= 11 is 0. The van der Waals surface area contributed by atoms with E-state index in [0.29, 0.717) is 0 Å². The van der Waals surface area contributed by atoms with Crippen LogP contribution in [0.4, 0.5) is 0 Å². The fourth-order valence-corrected chi connectivity index (χ4v) is 4.65. The van der Waals surface area contributed by atoms with Crippen molar-refractivity contribution in [2.24, 2.45) is 0 Å². The van der Waals surface area contributed by atoms with Gasteiger partial charge in [-0.15, -0.1) is 0 Å². The standard InChI is InChI=1S/C26H16O2/c27-15-9-11-21-23(13-15)24-14-16(28)10-12-22(24)26-20-8-4-2-6-18(20)17-5-1-3-7-19(17)25(21)26/h1-14,27-28H. The Hall–Kier alpha value is -3.78. The highest BCUT2D eigenvalue weighted by Gasteiger charge is 2.16. The van der Waals surface area contributed by atoms with Crippen molar-refractivity contribution >= 4 is 53.9 Å². The number of fused-ring (bicyclic) bond motifs is 11. The molecule has 0 saturated carbocycles. The highest BCUT2D eigenvalue weighted by atomic mass is 16.3. The van der Waals surface area contributed by atoms with Crippen molar-refractivity contribution in [3.8, 4) is 11.5 Å². The first kappa shape index (κ1) is 15.3. The Bertz CT molecular complexity index is 1460. The zero-order valence-electron chi connectivity index (χ0n) is 15.0. The largest absolute Gasteiger partial charge is 0.508 e. The summed E-state index contributed by atoms with van der Waals surface area (Å²) in [7, 11) is 0. The van der Waals surface area contributed by atoms with Gasteiger partial charge in [0.1, 0.15) is 11.5 Å². The Morgan fingerprint density at radius 2 is 0.714 bits per heavy atom. The van der Waals surface area contributed by atoms with Crippen LogP contribution in [0.25, 0.3) is 53.9 Å². The molecule has 0 aromatic heterocycles. The number of hydrogen-bond acceptors (Lipinski definition) is 2. The number of phenolic OH excluding ortho intramolecular Hbond substituents is 2. The molecule has 0 radical (unpaired) electrons. The molecule has 0 spiro atoms. The third-order valence-electron chi connectivity index (χ3n) is 5.77. The minimum absolute atomic E-state index is 0.224. The summed E-state index contributed by atoms with van der Waals surface area (Å²) in [6.45, 7) is 0. The highest BCUT2D eigenvalue weighted by molar-refractivity contribution is 6.39. The summed E-state index contributed by atoms with van der Waals surface area (Å²) in [5.74, 6) is 0.447. The van der Waals surface area contributed by atoms with Crippen LogP contribution in [0.3, 0.4) is 0 Å². The Labute approximate surface area is 160 Å². The van der Waals surface area contributed by atoms with Crippen LogP contribution in [0.15, 0.2) is 84.9 Å². The van der Waals surface area contributed by atoms with Gasteiger partial charge in [0.2, 0.25) is 0 Å². The van der Waals surface area contributed by atoms with E-state index in [-0.39, 0.29) is 11.5 Å². The number of aromatic hydroxyl groups is 2. The summed E-state index contributed by atoms with van der Waals surface area (Å²) in [6.07, 6.45) is 0. The first-order valence-electron chi connectivity index (χ1n) is 9.33. The molecule has 0 heterocycles. The van der Waals surface area contributed by atoms with Gasteiger partial charge in [-0.3, -0.25) is 0 Å². The molecule has 0 saturated heterocycles. The zero-order valence-corrected chi connectivity index (χ0v) is 15.0. The first-order valence-corrected chi connectivity index (χ1v) is 9.33. The van der Waals surface area contributed by atoms with Crippen molar-refractivity contribution in [2.75, 3.05) is 0 Å². The Kier molecular flexibility index (Phi) is 2.93. The lowest BCUT2D eigenvalue weighted by atomic mass is 9.87. The number of rotatable bonds is 0. The Balaban J connectivity index is 2.10. The molecule has 6 aromatic rings. The fourth-order valence-electron chi connectivity index (χ4n) is 4.65. The lowest BCUT2D eigenvalue weighted by molar-refractivity contribution is 0.475. The van der Waals surface area contributed by atoms with E-state index in [0.717, 1.165) is 21.5 Å². The maximum absolute atomic E-state index is 10.2. The summed E-state index contributed by atoms with van der Waals surface area (Å²) < 4.78 is 0. The molecule has 28 heavy (non-hydrogen) atoms. The van der Waals surface area contributed by atoms with E-state index >= 15 is 0 Å². The van der Waals surface area contributed by atoms with Gasteiger partial charge in [-0.25, -0.2) is 0 Å². The second-order valence-corrected chi connectivity index (χ2v) is 7.30. The van der Waals surface area contributed by atoms with E-state index in [1.54, 1.807) is 24.3 Å². The minimum Gasteiger partial charge on any atom is -0.508 e. The van der Waals surface area contributed by atoms with Crippen LogP contribution < -0.4 is 0 Å². The third kappa shape index (κ3) is 1.92. The van der Waals surface area contributed by atoms with Crippen LogP contribution in [-0.4, -0.2) is 10.2 Å². The predicted molar refractivity (Wildman–Crippen MR) is 117 cm³/mol. The molecule has 2 heteroatoms. The van der Waals surface area contributed by atoms with Crippen LogP contribution in [0, 0.1) is 0 Å². The van der Waals surface area contributed by atoms with Gasteiger partial charge in [0, 0.05) is 0 Å². The van der Waals surface area contributed by atoms with E-state index in [1.165, 1.54) is 32.3 Å².